The zero-order valence-corrected chi connectivity index (χ0v) is 11.8. The van der Waals surface area contributed by atoms with Crippen molar-refractivity contribution in [2.75, 3.05) is 11.9 Å². The van der Waals surface area contributed by atoms with Gasteiger partial charge in [0.05, 0.1) is 5.69 Å². The largest absolute Gasteiger partial charge is 0.481 e. The molecule has 1 aromatic rings. The number of carbonyl (C=O) groups excluding carboxylic acids is 1. The van der Waals surface area contributed by atoms with Crippen molar-refractivity contribution >= 4 is 33.6 Å². The molecule has 0 aliphatic carbocycles. The van der Waals surface area contributed by atoms with E-state index in [9.17, 15) is 14.0 Å². The Labute approximate surface area is 118 Å². The first-order valence-corrected chi connectivity index (χ1v) is 6.39. The van der Waals surface area contributed by atoms with Gasteiger partial charge in [-0.05, 0) is 40.0 Å². The van der Waals surface area contributed by atoms with E-state index in [1.807, 2.05) is 0 Å². The van der Waals surface area contributed by atoms with Crippen molar-refractivity contribution in [3.05, 3.63) is 28.5 Å². The Hall–Kier alpha value is -1.63. The van der Waals surface area contributed by atoms with Gasteiger partial charge in [0.1, 0.15) is 5.82 Å². The molecule has 5 nitrogen and oxygen atoms in total. The van der Waals surface area contributed by atoms with E-state index in [1.54, 1.807) is 6.92 Å². The first-order chi connectivity index (χ1) is 8.88. The molecule has 1 unspecified atom stereocenters. The predicted molar refractivity (Wildman–Crippen MR) is 72.5 cm³/mol. The fraction of sp³-hybridized carbons (Fsp3) is 0.333. The summed E-state index contributed by atoms with van der Waals surface area (Å²) in [6.07, 6.45) is -0.0134. The lowest BCUT2D eigenvalue weighted by molar-refractivity contribution is -0.137. The first-order valence-electron chi connectivity index (χ1n) is 5.60. The second-order valence-corrected chi connectivity index (χ2v) is 5.02. The Morgan fingerprint density at radius 2 is 2.16 bits per heavy atom. The van der Waals surface area contributed by atoms with Gasteiger partial charge in [-0.1, -0.05) is 6.92 Å². The monoisotopic (exact) mass is 332 g/mol. The average Bonchev–Trinajstić information content (AvgIpc) is 2.29. The highest BCUT2D eigenvalue weighted by Gasteiger charge is 2.10. The molecule has 1 rings (SSSR count). The van der Waals surface area contributed by atoms with Crippen molar-refractivity contribution in [1.82, 2.24) is 5.32 Å². The van der Waals surface area contributed by atoms with Gasteiger partial charge in [-0.15, -0.1) is 0 Å². The number of carbonyl (C=O) groups is 2. The minimum absolute atomic E-state index is 0.0134. The number of amides is 2. The molecule has 0 aromatic heterocycles. The molecule has 7 heteroatoms. The van der Waals surface area contributed by atoms with Crippen LogP contribution >= 0.6 is 15.9 Å². The highest BCUT2D eigenvalue weighted by molar-refractivity contribution is 9.10. The van der Waals surface area contributed by atoms with Gasteiger partial charge in [-0.3, -0.25) is 4.79 Å². The number of benzene rings is 1. The van der Waals surface area contributed by atoms with E-state index in [1.165, 1.54) is 18.2 Å². The predicted octanol–water partition coefficient (Wildman–Crippen LogP) is 2.82. The van der Waals surface area contributed by atoms with E-state index in [2.05, 4.69) is 26.6 Å². The van der Waals surface area contributed by atoms with Crippen LogP contribution in [0.5, 0.6) is 0 Å². The number of halogens is 2. The smallest absolute Gasteiger partial charge is 0.319 e. The number of hydrogen-bond donors (Lipinski definition) is 3. The van der Waals surface area contributed by atoms with Crippen LogP contribution in [-0.2, 0) is 4.79 Å². The highest BCUT2D eigenvalue weighted by Crippen LogP contribution is 2.22. The topological polar surface area (TPSA) is 78.4 Å². The highest BCUT2D eigenvalue weighted by atomic mass is 79.9. The number of carboxylic acid groups (broad SMARTS) is 1. The number of aliphatic carboxylic acids is 1. The summed E-state index contributed by atoms with van der Waals surface area (Å²) in [4.78, 5) is 22.0. The number of anilines is 1. The van der Waals surface area contributed by atoms with Gasteiger partial charge in [-0.2, -0.15) is 0 Å². The van der Waals surface area contributed by atoms with Crippen LogP contribution in [-0.4, -0.2) is 23.7 Å². The molecule has 2 amide bonds. The summed E-state index contributed by atoms with van der Waals surface area (Å²) in [6.45, 7) is 1.97. The molecule has 0 saturated carbocycles. The van der Waals surface area contributed by atoms with E-state index >= 15 is 0 Å². The molecule has 0 aliphatic heterocycles. The van der Waals surface area contributed by atoms with Crippen LogP contribution in [0.15, 0.2) is 22.7 Å². The molecular weight excluding hydrogens is 319 g/mol. The van der Waals surface area contributed by atoms with Crippen LogP contribution in [0.4, 0.5) is 14.9 Å². The van der Waals surface area contributed by atoms with Crippen LogP contribution in [0.2, 0.25) is 0 Å². The standard InChI is InChI=1S/C12H14BrFN2O3/c1-7(4-11(17)18)6-15-12(19)16-10-3-2-8(14)5-9(10)13/h2-3,5,7H,4,6H2,1H3,(H,17,18)(H2,15,16,19). The number of nitrogens with one attached hydrogen (secondary N) is 2. The maximum absolute atomic E-state index is 12.8. The molecule has 0 radical (unpaired) electrons. The summed E-state index contributed by atoms with van der Waals surface area (Å²) in [6, 6.07) is 3.43. The number of carboxylic acids is 1. The van der Waals surface area contributed by atoms with Gasteiger partial charge in [-0.25, -0.2) is 9.18 Å². The molecule has 0 aliphatic rings. The van der Waals surface area contributed by atoms with E-state index in [4.69, 9.17) is 5.11 Å². The van der Waals surface area contributed by atoms with Crippen molar-refractivity contribution in [2.45, 2.75) is 13.3 Å². The van der Waals surface area contributed by atoms with Crippen LogP contribution in [0.1, 0.15) is 13.3 Å². The van der Waals surface area contributed by atoms with Crippen LogP contribution in [0.3, 0.4) is 0 Å². The van der Waals surface area contributed by atoms with Gasteiger partial charge < -0.3 is 15.7 Å². The summed E-state index contributed by atoms with van der Waals surface area (Å²) >= 11 is 3.13. The summed E-state index contributed by atoms with van der Waals surface area (Å²) < 4.78 is 13.3. The van der Waals surface area contributed by atoms with Gasteiger partial charge in [0, 0.05) is 17.4 Å². The Bertz CT molecular complexity index is 482. The molecule has 1 aromatic carbocycles. The third-order valence-electron chi connectivity index (χ3n) is 2.31. The molecule has 3 N–H and O–H groups in total. The van der Waals surface area contributed by atoms with Crippen molar-refractivity contribution in [1.29, 1.82) is 0 Å². The van der Waals surface area contributed by atoms with Crippen LogP contribution < -0.4 is 10.6 Å². The lowest BCUT2D eigenvalue weighted by Crippen LogP contribution is -2.33. The zero-order valence-electron chi connectivity index (χ0n) is 10.2. The first kappa shape index (κ1) is 15.4. The summed E-state index contributed by atoms with van der Waals surface area (Å²) in [5.41, 5.74) is 0.435. The van der Waals surface area contributed by atoms with Crippen molar-refractivity contribution in [3.8, 4) is 0 Å². The minimum atomic E-state index is -0.906. The average molecular weight is 333 g/mol. The normalized spacial score (nSPS) is 11.7. The molecule has 1 atom stereocenters. The van der Waals surface area contributed by atoms with Crippen molar-refractivity contribution in [2.24, 2.45) is 5.92 Å². The van der Waals surface area contributed by atoms with Crippen molar-refractivity contribution < 1.29 is 19.1 Å². The third-order valence-corrected chi connectivity index (χ3v) is 2.97. The fourth-order valence-electron chi connectivity index (χ4n) is 1.39. The lowest BCUT2D eigenvalue weighted by Gasteiger charge is -2.12. The maximum atomic E-state index is 12.8. The minimum Gasteiger partial charge on any atom is -0.481 e. The molecule has 0 spiro atoms. The van der Waals surface area contributed by atoms with Gasteiger partial charge in [0.25, 0.3) is 0 Å². The van der Waals surface area contributed by atoms with Gasteiger partial charge in [0.15, 0.2) is 0 Å². The molecule has 19 heavy (non-hydrogen) atoms. The summed E-state index contributed by atoms with van der Waals surface area (Å²) in [5.74, 6) is -1.48. The Morgan fingerprint density at radius 1 is 1.47 bits per heavy atom. The zero-order chi connectivity index (χ0) is 14.4. The van der Waals surface area contributed by atoms with E-state index < -0.39 is 17.8 Å². The van der Waals surface area contributed by atoms with Gasteiger partial charge >= 0.3 is 12.0 Å². The Balaban J connectivity index is 2.45. The number of hydrogen-bond acceptors (Lipinski definition) is 2. The quantitative estimate of drug-likeness (QED) is 0.775. The van der Waals surface area contributed by atoms with E-state index in [0.717, 1.165) is 0 Å². The molecule has 0 bridgehead atoms. The van der Waals surface area contributed by atoms with Gasteiger partial charge in [0.2, 0.25) is 0 Å². The summed E-state index contributed by atoms with van der Waals surface area (Å²) in [7, 11) is 0. The number of urea groups is 1. The molecule has 0 heterocycles. The fourth-order valence-corrected chi connectivity index (χ4v) is 1.84. The SMILES string of the molecule is CC(CNC(=O)Nc1ccc(F)cc1Br)CC(=O)O. The number of rotatable bonds is 5. The third kappa shape index (κ3) is 5.69. The molecular formula is C12H14BrFN2O3. The van der Waals surface area contributed by atoms with E-state index in [0.29, 0.717) is 10.2 Å². The van der Waals surface area contributed by atoms with Crippen LogP contribution in [0.25, 0.3) is 0 Å². The molecule has 0 fully saturated rings. The molecule has 0 saturated heterocycles. The van der Waals surface area contributed by atoms with Crippen molar-refractivity contribution in [3.63, 3.8) is 0 Å². The summed E-state index contributed by atoms with van der Waals surface area (Å²) in [5, 5.41) is 13.7. The van der Waals surface area contributed by atoms with E-state index in [-0.39, 0.29) is 18.9 Å². The van der Waals surface area contributed by atoms with Crippen LogP contribution in [0, 0.1) is 11.7 Å². The Kier molecular flexibility index (Phi) is 5.75. The molecule has 104 valence electrons. The second kappa shape index (κ2) is 7.08. The Morgan fingerprint density at radius 3 is 2.74 bits per heavy atom. The second-order valence-electron chi connectivity index (χ2n) is 4.16. The lowest BCUT2D eigenvalue weighted by atomic mass is 10.1. The maximum Gasteiger partial charge on any atom is 0.319 e.